The second kappa shape index (κ2) is 11.6. The Kier molecular flexibility index (Phi) is 7.19. The molecule has 0 heterocycles. The number of hydrogen-bond donors (Lipinski definition) is 0. The third-order valence-electron chi connectivity index (χ3n) is 8.86. The zero-order valence-electron chi connectivity index (χ0n) is 24.3. The van der Waals surface area contributed by atoms with Gasteiger partial charge in [-0.05, 0) is 73.7 Å². The first-order chi connectivity index (χ1) is 21.3. The molecule has 0 aromatic heterocycles. The topological polar surface area (TPSA) is 0 Å². The SMILES string of the molecule is C=C\C=C/C=C\C1=C\C=C/C=C\CC12c1cc(Cc3ccc(-c4ccccc4)cc3)ccc1-c1c2ccc2ccccc12. The molecule has 1 atom stereocenters. The Morgan fingerprint density at radius 3 is 2.30 bits per heavy atom. The van der Waals surface area contributed by atoms with Crippen molar-refractivity contribution in [1.29, 1.82) is 0 Å². The first-order valence-electron chi connectivity index (χ1n) is 15.1. The van der Waals surface area contributed by atoms with E-state index in [1.807, 2.05) is 12.2 Å². The Morgan fingerprint density at radius 2 is 1.44 bits per heavy atom. The van der Waals surface area contributed by atoms with E-state index in [1.54, 1.807) is 0 Å². The van der Waals surface area contributed by atoms with Crippen LogP contribution in [0.1, 0.15) is 28.7 Å². The summed E-state index contributed by atoms with van der Waals surface area (Å²) in [5.74, 6) is 0. The maximum absolute atomic E-state index is 3.84. The predicted molar refractivity (Wildman–Crippen MR) is 184 cm³/mol. The van der Waals surface area contributed by atoms with Gasteiger partial charge < -0.3 is 0 Å². The molecule has 0 aliphatic heterocycles. The molecule has 7 rings (SSSR count). The van der Waals surface area contributed by atoms with Gasteiger partial charge in [0.1, 0.15) is 0 Å². The third kappa shape index (κ3) is 4.86. The first kappa shape index (κ1) is 26.7. The molecule has 2 aliphatic carbocycles. The van der Waals surface area contributed by atoms with Gasteiger partial charge in [-0.2, -0.15) is 0 Å². The van der Waals surface area contributed by atoms with Crippen LogP contribution in [-0.4, -0.2) is 0 Å². The fraction of sp³-hybridized carbons (Fsp3) is 0.0698. The number of rotatable bonds is 6. The number of hydrogen-bond acceptors (Lipinski definition) is 0. The smallest absolute Gasteiger partial charge is 0.0498 e. The highest BCUT2D eigenvalue weighted by molar-refractivity contribution is 6.03. The van der Waals surface area contributed by atoms with Crippen molar-refractivity contribution < 1.29 is 0 Å². The van der Waals surface area contributed by atoms with E-state index in [9.17, 15) is 0 Å². The van der Waals surface area contributed by atoms with Crippen LogP contribution in [0.4, 0.5) is 0 Å². The third-order valence-corrected chi connectivity index (χ3v) is 8.86. The van der Waals surface area contributed by atoms with Crippen molar-refractivity contribution in [3.63, 3.8) is 0 Å². The van der Waals surface area contributed by atoms with Gasteiger partial charge in [-0.25, -0.2) is 0 Å². The highest BCUT2D eigenvalue weighted by atomic mass is 14.5. The van der Waals surface area contributed by atoms with E-state index in [1.165, 1.54) is 60.9 Å². The maximum atomic E-state index is 3.84. The maximum Gasteiger partial charge on any atom is 0.0498 e. The van der Waals surface area contributed by atoms with E-state index < -0.39 is 0 Å². The normalized spacial score (nSPS) is 20.0. The lowest BCUT2D eigenvalue weighted by Gasteiger charge is -2.34. The predicted octanol–water partition coefficient (Wildman–Crippen LogP) is 11.1. The van der Waals surface area contributed by atoms with E-state index in [0.29, 0.717) is 0 Å². The Labute approximate surface area is 255 Å². The fourth-order valence-corrected chi connectivity index (χ4v) is 6.85. The minimum absolute atomic E-state index is 0.290. The molecular formula is C43H34. The molecule has 0 radical (unpaired) electrons. The summed E-state index contributed by atoms with van der Waals surface area (Å²) in [4.78, 5) is 0. The van der Waals surface area contributed by atoms with Gasteiger partial charge in [0.15, 0.2) is 0 Å². The Bertz CT molecular complexity index is 1960. The summed E-state index contributed by atoms with van der Waals surface area (Å²) in [6.07, 6.45) is 23.2. The van der Waals surface area contributed by atoms with E-state index in [-0.39, 0.29) is 5.41 Å². The van der Waals surface area contributed by atoms with Gasteiger partial charge in [0.25, 0.3) is 0 Å². The van der Waals surface area contributed by atoms with Gasteiger partial charge in [0.2, 0.25) is 0 Å². The fourth-order valence-electron chi connectivity index (χ4n) is 6.85. The molecule has 0 bridgehead atoms. The van der Waals surface area contributed by atoms with E-state index in [4.69, 9.17) is 0 Å². The van der Waals surface area contributed by atoms with Gasteiger partial charge in [-0.1, -0.05) is 177 Å². The molecular weight excluding hydrogens is 516 g/mol. The van der Waals surface area contributed by atoms with Crippen molar-refractivity contribution in [3.05, 3.63) is 204 Å². The standard InChI is InChI=1S/C43H34/c1-2-3-4-10-18-37-19-11-5-6-14-29-43(37)40-28-26-36-17-12-13-20-38(36)42(40)39-27-23-33(31-41(39)43)30-32-21-24-35(25-22-32)34-15-8-7-9-16-34/h2-28,31H,1,29-30H2/b4-3-,11-5-,14-6-,18-10-,37-19-. The van der Waals surface area contributed by atoms with Crippen LogP contribution in [0.3, 0.4) is 0 Å². The highest BCUT2D eigenvalue weighted by Gasteiger charge is 2.45. The summed E-state index contributed by atoms with van der Waals surface area (Å²) in [6, 6.07) is 40.3. The van der Waals surface area contributed by atoms with Crippen molar-refractivity contribution in [2.24, 2.45) is 0 Å². The van der Waals surface area contributed by atoms with Gasteiger partial charge >= 0.3 is 0 Å². The Hall–Kier alpha value is -5.20. The molecule has 0 N–H and O–H groups in total. The molecule has 0 fully saturated rings. The largest absolute Gasteiger partial charge is 0.0991 e. The van der Waals surface area contributed by atoms with Gasteiger partial charge in [0, 0.05) is 5.41 Å². The molecule has 0 amide bonds. The molecule has 0 saturated heterocycles. The summed E-state index contributed by atoms with van der Waals surface area (Å²) < 4.78 is 0. The average molecular weight is 551 g/mol. The van der Waals surface area contributed by atoms with Gasteiger partial charge in [0.05, 0.1) is 0 Å². The van der Waals surface area contributed by atoms with Gasteiger partial charge in [-0.15, -0.1) is 0 Å². The van der Waals surface area contributed by atoms with E-state index in [2.05, 4.69) is 164 Å². The summed E-state index contributed by atoms with van der Waals surface area (Å²) in [6.45, 7) is 3.84. The first-order valence-corrected chi connectivity index (χ1v) is 15.1. The number of fused-ring (bicyclic) bond motifs is 7. The summed E-state index contributed by atoms with van der Waals surface area (Å²) in [7, 11) is 0. The van der Waals surface area contributed by atoms with Crippen LogP contribution in [0.2, 0.25) is 0 Å². The molecule has 0 nitrogen and oxygen atoms in total. The summed E-state index contributed by atoms with van der Waals surface area (Å²) in [5, 5.41) is 2.60. The van der Waals surface area contributed by atoms with Crippen molar-refractivity contribution in [3.8, 4) is 22.3 Å². The van der Waals surface area contributed by atoms with Crippen LogP contribution in [0.25, 0.3) is 33.0 Å². The minimum Gasteiger partial charge on any atom is -0.0991 e. The van der Waals surface area contributed by atoms with Crippen LogP contribution in [0, 0.1) is 0 Å². The highest BCUT2D eigenvalue weighted by Crippen LogP contribution is 2.57. The summed E-state index contributed by atoms with van der Waals surface area (Å²) >= 11 is 0. The minimum atomic E-state index is -0.290. The quantitative estimate of drug-likeness (QED) is 0.184. The lowest BCUT2D eigenvalue weighted by Crippen LogP contribution is -2.27. The van der Waals surface area contributed by atoms with Crippen molar-refractivity contribution in [2.45, 2.75) is 18.3 Å². The zero-order chi connectivity index (χ0) is 29.1. The monoisotopic (exact) mass is 550 g/mol. The van der Waals surface area contributed by atoms with Crippen molar-refractivity contribution in [1.82, 2.24) is 0 Å². The average Bonchev–Trinajstić information content (AvgIpc) is 3.33. The second-order valence-corrected chi connectivity index (χ2v) is 11.4. The number of allylic oxidation sites excluding steroid dienone is 11. The van der Waals surface area contributed by atoms with Crippen LogP contribution in [-0.2, 0) is 11.8 Å². The molecule has 206 valence electrons. The van der Waals surface area contributed by atoms with Gasteiger partial charge in [-0.3, -0.25) is 0 Å². The molecule has 5 aromatic carbocycles. The Morgan fingerprint density at radius 1 is 0.651 bits per heavy atom. The van der Waals surface area contributed by atoms with Crippen LogP contribution in [0.5, 0.6) is 0 Å². The number of benzene rings is 5. The second-order valence-electron chi connectivity index (χ2n) is 11.4. The molecule has 1 unspecified atom stereocenters. The lowest BCUT2D eigenvalue weighted by atomic mass is 9.68. The molecule has 0 heteroatoms. The zero-order valence-corrected chi connectivity index (χ0v) is 24.3. The molecule has 1 spiro atoms. The molecule has 2 aliphatic rings. The van der Waals surface area contributed by atoms with Crippen molar-refractivity contribution >= 4 is 10.8 Å². The Balaban J connectivity index is 1.38. The summed E-state index contributed by atoms with van der Waals surface area (Å²) in [5.41, 5.74) is 11.6. The van der Waals surface area contributed by atoms with Crippen molar-refractivity contribution in [2.75, 3.05) is 0 Å². The molecule has 0 saturated carbocycles. The van der Waals surface area contributed by atoms with Crippen LogP contribution < -0.4 is 0 Å². The lowest BCUT2D eigenvalue weighted by molar-refractivity contribution is 0.642. The molecule has 43 heavy (non-hydrogen) atoms. The van der Waals surface area contributed by atoms with E-state index in [0.717, 1.165) is 12.8 Å². The van der Waals surface area contributed by atoms with Crippen LogP contribution >= 0.6 is 0 Å². The van der Waals surface area contributed by atoms with E-state index >= 15 is 0 Å². The molecule has 5 aromatic rings. The van der Waals surface area contributed by atoms with Crippen LogP contribution in [0.15, 0.2) is 182 Å².